The largest absolute Gasteiger partial charge is 0.378 e. The number of rotatable bonds is 4. The molecule has 0 aromatic heterocycles. The molecule has 76 valence electrons. The summed E-state index contributed by atoms with van der Waals surface area (Å²) in [6.07, 6.45) is 5.56. The molecule has 0 aromatic rings. The van der Waals surface area contributed by atoms with E-state index in [1.165, 1.54) is 19.3 Å². The molecule has 3 heteroatoms. The minimum Gasteiger partial charge on any atom is -0.378 e. The van der Waals surface area contributed by atoms with Gasteiger partial charge in [-0.25, -0.2) is 0 Å². The van der Waals surface area contributed by atoms with Gasteiger partial charge in [0.1, 0.15) is 0 Å². The van der Waals surface area contributed by atoms with E-state index in [0.717, 1.165) is 13.0 Å². The minimum atomic E-state index is 0.423. The average molecular weight is 185 g/mol. The first-order chi connectivity index (χ1) is 6.33. The summed E-state index contributed by atoms with van der Waals surface area (Å²) in [6, 6.07) is 0.530. The van der Waals surface area contributed by atoms with Crippen molar-refractivity contribution in [1.29, 1.82) is 0 Å². The number of hydrogen-bond donors (Lipinski definition) is 1. The maximum atomic E-state index is 5.72. The Morgan fingerprint density at radius 2 is 2.23 bits per heavy atom. The molecule has 1 N–H and O–H groups in total. The Hall–Kier alpha value is -0.120. The summed E-state index contributed by atoms with van der Waals surface area (Å²) >= 11 is 0. The summed E-state index contributed by atoms with van der Waals surface area (Å²) in [5.74, 6) is 0. The zero-order chi connectivity index (χ0) is 9.31. The van der Waals surface area contributed by atoms with E-state index in [0.29, 0.717) is 17.6 Å². The van der Waals surface area contributed by atoms with Crippen molar-refractivity contribution in [3.63, 3.8) is 0 Å². The second-order valence-electron chi connectivity index (χ2n) is 4.14. The van der Waals surface area contributed by atoms with Crippen molar-refractivity contribution < 1.29 is 9.57 Å². The molecular weight excluding hydrogens is 166 g/mol. The van der Waals surface area contributed by atoms with Gasteiger partial charge in [-0.15, -0.1) is 0 Å². The first-order valence-corrected chi connectivity index (χ1v) is 5.23. The molecule has 2 aliphatic carbocycles. The molecule has 2 fully saturated rings. The summed E-state index contributed by atoms with van der Waals surface area (Å²) in [7, 11) is 1.69. The molecule has 0 heterocycles. The van der Waals surface area contributed by atoms with Crippen LogP contribution < -0.4 is 5.48 Å². The summed E-state index contributed by atoms with van der Waals surface area (Å²) in [6.45, 7) is 2.91. The molecule has 0 aliphatic heterocycles. The van der Waals surface area contributed by atoms with E-state index in [1.807, 2.05) is 0 Å². The van der Waals surface area contributed by atoms with E-state index in [2.05, 4.69) is 12.4 Å². The Kier molecular flexibility index (Phi) is 2.58. The van der Waals surface area contributed by atoms with Gasteiger partial charge in [0.2, 0.25) is 0 Å². The van der Waals surface area contributed by atoms with Gasteiger partial charge in [0.25, 0.3) is 0 Å². The standard InChI is InChI=1S/C10H19NO2/c1-3-13-9-7-8(11-12-2)10(9)5-4-6-10/h8-9,11H,3-7H2,1-2H3. The third kappa shape index (κ3) is 1.30. The van der Waals surface area contributed by atoms with Gasteiger partial charge in [0.15, 0.2) is 0 Å². The van der Waals surface area contributed by atoms with Crippen molar-refractivity contribution >= 4 is 0 Å². The highest BCUT2D eigenvalue weighted by Crippen LogP contribution is 2.57. The molecule has 3 nitrogen and oxygen atoms in total. The zero-order valence-electron chi connectivity index (χ0n) is 8.51. The van der Waals surface area contributed by atoms with Crippen LogP contribution in [0.1, 0.15) is 32.6 Å². The summed E-state index contributed by atoms with van der Waals surface area (Å²) < 4.78 is 5.72. The third-order valence-corrected chi connectivity index (χ3v) is 3.70. The van der Waals surface area contributed by atoms with Gasteiger partial charge in [-0.05, 0) is 26.2 Å². The molecule has 0 radical (unpaired) electrons. The molecule has 2 saturated carbocycles. The molecule has 1 spiro atoms. The van der Waals surface area contributed by atoms with Gasteiger partial charge in [-0.1, -0.05) is 6.42 Å². The Labute approximate surface area is 79.7 Å². The maximum Gasteiger partial charge on any atom is 0.0662 e. The van der Waals surface area contributed by atoms with Crippen molar-refractivity contribution in [2.24, 2.45) is 5.41 Å². The fraction of sp³-hybridized carbons (Fsp3) is 1.00. The van der Waals surface area contributed by atoms with E-state index in [1.54, 1.807) is 7.11 Å². The Balaban J connectivity index is 1.90. The van der Waals surface area contributed by atoms with Crippen LogP contribution in [-0.2, 0) is 9.57 Å². The highest BCUT2D eigenvalue weighted by Gasteiger charge is 2.58. The first-order valence-electron chi connectivity index (χ1n) is 5.23. The number of nitrogens with one attached hydrogen (secondary N) is 1. The SMILES string of the molecule is CCOC1CC(NOC)C12CCC2. The number of ether oxygens (including phenoxy) is 1. The monoisotopic (exact) mass is 185 g/mol. The van der Waals surface area contributed by atoms with E-state index in [-0.39, 0.29) is 0 Å². The van der Waals surface area contributed by atoms with Crippen molar-refractivity contribution in [1.82, 2.24) is 5.48 Å². The van der Waals surface area contributed by atoms with Crippen LogP contribution in [0.25, 0.3) is 0 Å². The molecule has 0 aromatic carbocycles. The first kappa shape index (κ1) is 9.44. The van der Waals surface area contributed by atoms with Gasteiger partial charge < -0.3 is 9.57 Å². The molecule has 2 atom stereocenters. The second kappa shape index (κ2) is 3.56. The molecule has 13 heavy (non-hydrogen) atoms. The fourth-order valence-corrected chi connectivity index (χ4v) is 2.75. The predicted molar refractivity (Wildman–Crippen MR) is 50.2 cm³/mol. The summed E-state index contributed by atoms with van der Waals surface area (Å²) in [4.78, 5) is 5.00. The maximum absolute atomic E-state index is 5.72. The van der Waals surface area contributed by atoms with Crippen molar-refractivity contribution in [2.75, 3.05) is 13.7 Å². The lowest BCUT2D eigenvalue weighted by atomic mass is 9.51. The zero-order valence-corrected chi connectivity index (χ0v) is 8.51. The van der Waals surface area contributed by atoms with Gasteiger partial charge in [0.05, 0.1) is 13.2 Å². The van der Waals surface area contributed by atoms with Gasteiger partial charge in [0, 0.05) is 18.1 Å². The van der Waals surface area contributed by atoms with Crippen LogP contribution in [0.4, 0.5) is 0 Å². The number of hydroxylamine groups is 1. The summed E-state index contributed by atoms with van der Waals surface area (Å²) in [5, 5.41) is 0. The lowest BCUT2D eigenvalue weighted by Crippen LogP contribution is -2.66. The topological polar surface area (TPSA) is 30.5 Å². The normalized spacial score (nSPS) is 35.5. The smallest absolute Gasteiger partial charge is 0.0662 e. The van der Waals surface area contributed by atoms with Crippen LogP contribution in [0.3, 0.4) is 0 Å². The highest BCUT2D eigenvalue weighted by molar-refractivity contribution is 5.11. The van der Waals surface area contributed by atoms with Crippen LogP contribution in [-0.4, -0.2) is 25.9 Å². The van der Waals surface area contributed by atoms with Gasteiger partial charge in [-0.3, -0.25) is 0 Å². The quantitative estimate of drug-likeness (QED) is 0.673. The van der Waals surface area contributed by atoms with E-state index in [9.17, 15) is 0 Å². The van der Waals surface area contributed by atoms with Crippen molar-refractivity contribution in [3.8, 4) is 0 Å². The van der Waals surface area contributed by atoms with E-state index < -0.39 is 0 Å². The van der Waals surface area contributed by atoms with Crippen LogP contribution in [0, 0.1) is 5.41 Å². The molecular formula is C10H19NO2. The van der Waals surface area contributed by atoms with E-state index in [4.69, 9.17) is 9.57 Å². The van der Waals surface area contributed by atoms with E-state index >= 15 is 0 Å². The highest BCUT2D eigenvalue weighted by atomic mass is 16.6. The molecule has 0 saturated heterocycles. The third-order valence-electron chi connectivity index (χ3n) is 3.70. The number of hydrogen-bond acceptors (Lipinski definition) is 3. The molecule has 0 bridgehead atoms. The fourth-order valence-electron chi connectivity index (χ4n) is 2.75. The average Bonchev–Trinajstić information content (AvgIpc) is 1.99. The van der Waals surface area contributed by atoms with Crippen molar-refractivity contribution in [2.45, 2.75) is 44.8 Å². The Morgan fingerprint density at radius 3 is 2.69 bits per heavy atom. The lowest BCUT2D eigenvalue weighted by molar-refractivity contribution is -0.199. The van der Waals surface area contributed by atoms with Crippen molar-refractivity contribution in [3.05, 3.63) is 0 Å². The molecule has 2 unspecified atom stereocenters. The Bertz CT molecular complexity index is 166. The van der Waals surface area contributed by atoms with Crippen LogP contribution in [0.15, 0.2) is 0 Å². The molecule has 2 rings (SSSR count). The molecule has 0 amide bonds. The Morgan fingerprint density at radius 1 is 1.46 bits per heavy atom. The van der Waals surface area contributed by atoms with Crippen LogP contribution in [0.2, 0.25) is 0 Å². The van der Waals surface area contributed by atoms with Gasteiger partial charge >= 0.3 is 0 Å². The summed E-state index contributed by atoms with van der Waals surface area (Å²) in [5.41, 5.74) is 3.51. The molecule has 2 aliphatic rings. The lowest BCUT2D eigenvalue weighted by Gasteiger charge is -2.60. The second-order valence-corrected chi connectivity index (χ2v) is 4.14. The van der Waals surface area contributed by atoms with Crippen LogP contribution in [0.5, 0.6) is 0 Å². The van der Waals surface area contributed by atoms with Gasteiger partial charge in [-0.2, -0.15) is 5.48 Å². The minimum absolute atomic E-state index is 0.423. The van der Waals surface area contributed by atoms with Crippen LogP contribution >= 0.6 is 0 Å². The predicted octanol–water partition coefficient (Wildman–Crippen LogP) is 1.49.